The molecule has 0 aliphatic rings. The number of halogens is 2. The Kier molecular flexibility index (Phi) is 6.00. The molecule has 4 aromatic rings. The number of fused-ring (bicyclic) bond motifs is 1. The Morgan fingerprint density at radius 1 is 1.00 bits per heavy atom. The fourth-order valence-electron chi connectivity index (χ4n) is 3.02. The minimum absolute atomic E-state index is 0. The molecule has 0 N–H and O–H groups in total. The summed E-state index contributed by atoms with van der Waals surface area (Å²) in [5, 5.41) is 0.736. The molecule has 27 heavy (non-hydrogen) atoms. The molecule has 2 aromatic carbocycles. The van der Waals surface area contributed by atoms with E-state index >= 15 is 0 Å². The van der Waals surface area contributed by atoms with E-state index in [4.69, 9.17) is 11.6 Å². The van der Waals surface area contributed by atoms with Crippen molar-refractivity contribution < 1.29 is 0 Å². The van der Waals surface area contributed by atoms with Crippen molar-refractivity contribution in [2.75, 3.05) is 19.0 Å². The molecule has 0 aliphatic carbocycles. The first kappa shape index (κ1) is 19.6. The Hall–Kier alpha value is -2.14. The zero-order valence-corrected chi connectivity index (χ0v) is 17.4. The maximum absolute atomic E-state index is 6.20. The van der Waals surface area contributed by atoms with Gasteiger partial charge in [-0.05, 0) is 53.4 Å². The Morgan fingerprint density at radius 3 is 2.56 bits per heavy atom. The topological polar surface area (TPSA) is 29.0 Å². The second kappa shape index (κ2) is 8.26. The number of nitrogens with zero attached hydrogens (tertiary/aromatic N) is 3. The van der Waals surface area contributed by atoms with Crippen molar-refractivity contribution in [3.63, 3.8) is 0 Å². The summed E-state index contributed by atoms with van der Waals surface area (Å²) in [4.78, 5) is 11.1. The molecule has 0 amide bonds. The SMILES string of the molecule is CN(C)c1ccc(Cc2cc(-c3cccc(Cl)c3)c3ncsc3c2)cn1.Cl. The molecule has 0 unspecified atom stereocenters. The number of hydrogen-bond donors (Lipinski definition) is 0. The smallest absolute Gasteiger partial charge is 0.127 e. The fourth-order valence-corrected chi connectivity index (χ4v) is 3.98. The van der Waals surface area contributed by atoms with Gasteiger partial charge >= 0.3 is 0 Å². The fraction of sp³-hybridized carbons (Fsp3) is 0.143. The van der Waals surface area contributed by atoms with Gasteiger partial charge in [-0.25, -0.2) is 9.97 Å². The quantitative estimate of drug-likeness (QED) is 0.403. The predicted molar refractivity (Wildman–Crippen MR) is 119 cm³/mol. The van der Waals surface area contributed by atoms with Crippen molar-refractivity contribution in [2.45, 2.75) is 6.42 Å². The molecule has 2 aromatic heterocycles. The molecule has 0 aliphatic heterocycles. The normalized spacial score (nSPS) is 10.6. The van der Waals surface area contributed by atoms with Crippen molar-refractivity contribution in [2.24, 2.45) is 0 Å². The van der Waals surface area contributed by atoms with E-state index in [0.29, 0.717) is 0 Å². The van der Waals surface area contributed by atoms with Gasteiger partial charge in [-0.3, -0.25) is 0 Å². The zero-order valence-electron chi connectivity index (χ0n) is 15.0. The molecule has 0 spiro atoms. The molecule has 4 rings (SSSR count). The average Bonchev–Trinajstić information content (AvgIpc) is 3.10. The molecule has 6 heteroatoms. The Bertz CT molecular complexity index is 1060. The highest BCUT2D eigenvalue weighted by Crippen LogP contribution is 2.33. The van der Waals surface area contributed by atoms with E-state index in [1.165, 1.54) is 15.8 Å². The second-order valence-electron chi connectivity index (χ2n) is 6.45. The molecule has 0 radical (unpaired) electrons. The van der Waals surface area contributed by atoms with Gasteiger partial charge in [0, 0.05) is 30.9 Å². The zero-order chi connectivity index (χ0) is 18.1. The predicted octanol–water partition coefficient (Wildman–Crippen LogP) is 6.09. The van der Waals surface area contributed by atoms with Crippen LogP contribution in [0.2, 0.25) is 5.02 Å². The first-order chi connectivity index (χ1) is 12.6. The summed E-state index contributed by atoms with van der Waals surface area (Å²) in [6.45, 7) is 0. The summed E-state index contributed by atoms with van der Waals surface area (Å²) >= 11 is 7.86. The largest absolute Gasteiger partial charge is 0.363 e. The number of pyridine rings is 1. The molecule has 2 heterocycles. The number of hydrogen-bond acceptors (Lipinski definition) is 4. The summed E-state index contributed by atoms with van der Waals surface area (Å²) in [5.74, 6) is 0.964. The van der Waals surface area contributed by atoms with Gasteiger partial charge in [-0.2, -0.15) is 0 Å². The van der Waals surface area contributed by atoms with Crippen LogP contribution >= 0.6 is 35.3 Å². The number of benzene rings is 2. The van der Waals surface area contributed by atoms with Crippen LogP contribution in [0, 0.1) is 0 Å². The summed E-state index contributed by atoms with van der Waals surface area (Å²) in [6.07, 6.45) is 2.79. The molecule has 0 saturated carbocycles. The van der Waals surface area contributed by atoms with Gasteiger partial charge in [0.1, 0.15) is 5.82 Å². The van der Waals surface area contributed by atoms with E-state index in [9.17, 15) is 0 Å². The van der Waals surface area contributed by atoms with Crippen molar-refractivity contribution in [1.82, 2.24) is 9.97 Å². The van der Waals surface area contributed by atoms with Crippen LogP contribution in [0.5, 0.6) is 0 Å². The van der Waals surface area contributed by atoms with Crippen LogP contribution in [0.25, 0.3) is 21.3 Å². The van der Waals surface area contributed by atoms with Gasteiger partial charge in [0.15, 0.2) is 0 Å². The van der Waals surface area contributed by atoms with E-state index in [-0.39, 0.29) is 12.4 Å². The third-order valence-electron chi connectivity index (χ3n) is 4.31. The molecule has 3 nitrogen and oxygen atoms in total. The van der Waals surface area contributed by atoms with Crippen LogP contribution in [0.4, 0.5) is 5.82 Å². The Morgan fingerprint density at radius 2 is 1.85 bits per heavy atom. The lowest BCUT2D eigenvalue weighted by Crippen LogP contribution is -2.10. The van der Waals surface area contributed by atoms with E-state index < -0.39 is 0 Å². The third kappa shape index (κ3) is 4.24. The second-order valence-corrected chi connectivity index (χ2v) is 7.77. The minimum Gasteiger partial charge on any atom is -0.363 e. The maximum atomic E-state index is 6.20. The molecule has 0 bridgehead atoms. The lowest BCUT2D eigenvalue weighted by Gasteiger charge is -2.12. The van der Waals surface area contributed by atoms with Crippen LogP contribution in [-0.4, -0.2) is 24.1 Å². The maximum Gasteiger partial charge on any atom is 0.127 e. The first-order valence-corrected chi connectivity index (χ1v) is 9.60. The first-order valence-electron chi connectivity index (χ1n) is 8.34. The van der Waals surface area contributed by atoms with Crippen LogP contribution in [0.1, 0.15) is 11.1 Å². The van der Waals surface area contributed by atoms with Crippen LogP contribution in [-0.2, 0) is 6.42 Å². The summed E-state index contributed by atoms with van der Waals surface area (Å²) < 4.78 is 1.19. The van der Waals surface area contributed by atoms with Gasteiger partial charge < -0.3 is 4.90 Å². The van der Waals surface area contributed by atoms with Crippen molar-refractivity contribution in [3.05, 3.63) is 76.4 Å². The lowest BCUT2D eigenvalue weighted by atomic mass is 9.98. The highest BCUT2D eigenvalue weighted by Gasteiger charge is 2.10. The average molecular weight is 416 g/mol. The Balaban J connectivity index is 0.00000210. The third-order valence-corrected chi connectivity index (χ3v) is 5.32. The summed E-state index contributed by atoms with van der Waals surface area (Å²) in [7, 11) is 3.99. The number of rotatable bonds is 4. The van der Waals surface area contributed by atoms with E-state index in [0.717, 1.165) is 33.9 Å². The molecular formula is C21H19Cl2N3S. The van der Waals surface area contributed by atoms with Gasteiger partial charge in [-0.15, -0.1) is 23.7 Å². The van der Waals surface area contributed by atoms with Crippen LogP contribution in [0.15, 0.2) is 60.2 Å². The summed E-state index contributed by atoms with van der Waals surface area (Å²) in [5.41, 5.74) is 7.58. The van der Waals surface area contributed by atoms with Gasteiger partial charge in [0.05, 0.1) is 15.7 Å². The Labute approximate surface area is 174 Å². The summed E-state index contributed by atoms with van der Waals surface area (Å²) in [6, 6.07) is 16.6. The van der Waals surface area contributed by atoms with E-state index in [1.807, 2.05) is 48.9 Å². The van der Waals surface area contributed by atoms with Gasteiger partial charge in [0.25, 0.3) is 0 Å². The monoisotopic (exact) mass is 415 g/mol. The van der Waals surface area contributed by atoms with Crippen molar-refractivity contribution in [3.8, 4) is 11.1 Å². The van der Waals surface area contributed by atoms with E-state index in [1.54, 1.807) is 11.3 Å². The van der Waals surface area contributed by atoms with Crippen LogP contribution in [0.3, 0.4) is 0 Å². The number of anilines is 1. The minimum atomic E-state index is 0. The van der Waals surface area contributed by atoms with Crippen LogP contribution < -0.4 is 4.90 Å². The van der Waals surface area contributed by atoms with E-state index in [2.05, 4.69) is 40.3 Å². The molecule has 0 fully saturated rings. The standard InChI is InChI=1S/C21H18ClN3S.ClH/c1-25(2)20-7-6-14(12-23-20)8-15-9-18(16-4-3-5-17(22)11-16)21-19(10-15)26-13-24-21;/h3-7,9-13H,8H2,1-2H3;1H. The molecular weight excluding hydrogens is 397 g/mol. The van der Waals surface area contributed by atoms with Crippen molar-refractivity contribution >= 4 is 51.4 Å². The molecule has 0 saturated heterocycles. The van der Waals surface area contributed by atoms with Crippen molar-refractivity contribution in [1.29, 1.82) is 0 Å². The molecule has 138 valence electrons. The van der Waals surface area contributed by atoms with Gasteiger partial charge in [-0.1, -0.05) is 29.8 Å². The highest BCUT2D eigenvalue weighted by molar-refractivity contribution is 7.16. The number of thiazole rings is 1. The lowest BCUT2D eigenvalue weighted by molar-refractivity contribution is 1.05. The highest BCUT2D eigenvalue weighted by atomic mass is 35.5. The van der Waals surface area contributed by atoms with Gasteiger partial charge in [0.2, 0.25) is 0 Å². The number of aromatic nitrogens is 2. The molecule has 0 atom stereocenters.